The van der Waals surface area contributed by atoms with Gasteiger partial charge in [0.05, 0.1) is 20.4 Å². The first kappa shape index (κ1) is 23.4. The third-order valence-electron chi connectivity index (χ3n) is 5.04. The van der Waals surface area contributed by atoms with Crippen molar-refractivity contribution in [2.75, 3.05) is 0 Å². The van der Waals surface area contributed by atoms with Gasteiger partial charge in [-0.15, -0.1) is 22.7 Å². The minimum atomic E-state index is -0.0319. The van der Waals surface area contributed by atoms with Crippen molar-refractivity contribution in [1.29, 1.82) is 0 Å². The number of benzene rings is 2. The lowest BCUT2D eigenvalue weighted by Gasteiger charge is -2.04. The monoisotopic (exact) mass is 500 g/mol. The first-order valence-electron chi connectivity index (χ1n) is 10.5. The van der Waals surface area contributed by atoms with Gasteiger partial charge in [0.25, 0.3) is 0 Å². The molecule has 2 aromatic carbocycles. The van der Waals surface area contributed by atoms with Crippen LogP contribution in [-0.4, -0.2) is 20.2 Å². The molecule has 0 saturated heterocycles. The highest BCUT2D eigenvalue weighted by Crippen LogP contribution is 2.36. The van der Waals surface area contributed by atoms with Crippen LogP contribution < -0.4 is 0 Å². The van der Waals surface area contributed by atoms with E-state index < -0.39 is 0 Å². The van der Waals surface area contributed by atoms with E-state index in [4.69, 9.17) is 0 Å². The highest BCUT2D eigenvalue weighted by atomic mass is 32.2. The molecule has 2 heterocycles. The molecule has 0 bridgehead atoms. The van der Waals surface area contributed by atoms with E-state index >= 15 is 0 Å². The number of carbonyl (C=O) groups is 2. The Morgan fingerprint density at radius 1 is 0.750 bits per heavy atom. The smallest absolute Gasteiger partial charge is 0.196 e. The first-order valence-corrected chi connectivity index (χ1v) is 13.8. The van der Waals surface area contributed by atoms with Crippen molar-refractivity contribution >= 4 is 76.9 Å². The fourth-order valence-corrected chi connectivity index (χ4v) is 7.38. The van der Waals surface area contributed by atoms with Crippen LogP contribution in [0.3, 0.4) is 0 Å². The molecule has 0 unspecified atom stereocenters. The number of hydrogen-bond donors (Lipinski definition) is 0. The Bertz CT molecular complexity index is 1190. The van der Waals surface area contributed by atoms with Crippen LogP contribution in [0.4, 0.5) is 0 Å². The molecular weight excluding hydrogens is 477 g/mol. The number of fused-ring (bicyclic) bond motifs is 2. The van der Waals surface area contributed by atoms with Crippen LogP contribution in [0.1, 0.15) is 63.5 Å². The second kappa shape index (κ2) is 10.0. The van der Waals surface area contributed by atoms with Crippen LogP contribution in [0.2, 0.25) is 0 Å². The number of para-hydroxylation sites is 2. The highest BCUT2D eigenvalue weighted by molar-refractivity contribution is 8.15. The molecule has 2 aromatic heterocycles. The van der Waals surface area contributed by atoms with Crippen LogP contribution in [-0.2, 0) is 9.59 Å². The van der Waals surface area contributed by atoms with Gasteiger partial charge in [0.15, 0.2) is 18.9 Å². The topological polar surface area (TPSA) is 59.9 Å². The number of nitrogens with zero attached hydrogens (tertiary/aromatic N) is 2. The summed E-state index contributed by atoms with van der Waals surface area (Å²) < 4.78 is 3.67. The van der Waals surface area contributed by atoms with Gasteiger partial charge in [-0.2, -0.15) is 0 Å². The fraction of sp³-hybridized carbons (Fsp3) is 0.333. The lowest BCUT2D eigenvalue weighted by Crippen LogP contribution is -1.97. The highest BCUT2D eigenvalue weighted by Gasteiger charge is 2.17. The summed E-state index contributed by atoms with van der Waals surface area (Å²) in [5.41, 5.74) is 4.35. The average Bonchev–Trinajstić information content (AvgIpc) is 3.34. The maximum atomic E-state index is 12.5. The molecule has 0 aliphatic rings. The second-order valence-corrected chi connectivity index (χ2v) is 12.8. The summed E-state index contributed by atoms with van der Waals surface area (Å²) in [7, 11) is 0. The summed E-state index contributed by atoms with van der Waals surface area (Å²) in [5, 5.41) is -0.0639. The van der Waals surface area contributed by atoms with Crippen molar-refractivity contribution in [3.63, 3.8) is 0 Å². The summed E-state index contributed by atoms with van der Waals surface area (Å²) in [4.78, 5) is 34.3. The van der Waals surface area contributed by atoms with Gasteiger partial charge in [-0.25, -0.2) is 9.97 Å². The molecular formula is C24H24N2O2S4. The third-order valence-corrected chi connectivity index (χ3v) is 9.07. The number of carbonyl (C=O) groups excluding carboxylic acids is 2. The number of thioether (sulfide) groups is 2. The number of thiazole rings is 2. The largest absolute Gasteiger partial charge is 0.287 e. The molecule has 166 valence electrons. The van der Waals surface area contributed by atoms with Crippen molar-refractivity contribution in [3.05, 3.63) is 47.5 Å². The molecule has 0 aliphatic carbocycles. The molecule has 4 aromatic rings. The van der Waals surface area contributed by atoms with E-state index in [0.29, 0.717) is 11.8 Å². The van der Waals surface area contributed by atoms with E-state index in [1.165, 1.54) is 33.8 Å². The first-order chi connectivity index (χ1) is 15.3. The summed E-state index contributed by atoms with van der Waals surface area (Å²) in [6, 6.07) is 12.3. The molecule has 0 amide bonds. The molecule has 0 N–H and O–H groups in total. The predicted molar refractivity (Wildman–Crippen MR) is 138 cm³/mol. The molecule has 8 heteroatoms. The van der Waals surface area contributed by atoms with Crippen molar-refractivity contribution in [3.8, 4) is 0 Å². The molecule has 0 aliphatic heterocycles. The number of aromatic nitrogens is 2. The Morgan fingerprint density at radius 2 is 1.16 bits per heavy atom. The number of hydrogen-bond acceptors (Lipinski definition) is 8. The molecule has 4 nitrogen and oxygen atoms in total. The van der Waals surface area contributed by atoms with Crippen LogP contribution in [0.25, 0.3) is 20.4 Å². The van der Waals surface area contributed by atoms with Crippen molar-refractivity contribution in [1.82, 2.24) is 9.97 Å². The predicted octanol–water partition coefficient (Wildman–Crippen LogP) is 7.87. The van der Waals surface area contributed by atoms with Crippen molar-refractivity contribution < 1.29 is 9.59 Å². The van der Waals surface area contributed by atoms with Gasteiger partial charge in [-0.3, -0.25) is 9.59 Å². The quantitative estimate of drug-likeness (QED) is 0.241. The zero-order valence-corrected chi connectivity index (χ0v) is 21.6. The maximum Gasteiger partial charge on any atom is 0.196 e. The lowest BCUT2D eigenvalue weighted by molar-refractivity contribution is -0.115. The van der Waals surface area contributed by atoms with E-state index in [9.17, 15) is 9.59 Å². The Morgan fingerprint density at radius 3 is 1.53 bits per heavy atom. The van der Waals surface area contributed by atoms with Crippen LogP contribution in [0, 0.1) is 0 Å². The SMILES string of the molecule is CC(C)c1cccc2sc(SC(=O)CCC(=O)Sc3nc4c(C(C)C)cccc4s3)nc12. The molecule has 0 fully saturated rings. The Kier molecular flexibility index (Phi) is 7.34. The average molecular weight is 501 g/mol. The summed E-state index contributed by atoms with van der Waals surface area (Å²) >= 11 is 5.35. The summed E-state index contributed by atoms with van der Waals surface area (Å²) in [5.74, 6) is 0.756. The minimum Gasteiger partial charge on any atom is -0.287 e. The zero-order chi connectivity index (χ0) is 22.8. The normalized spacial score (nSPS) is 11.8. The van der Waals surface area contributed by atoms with Gasteiger partial charge in [0.1, 0.15) is 0 Å². The van der Waals surface area contributed by atoms with Gasteiger partial charge in [0.2, 0.25) is 0 Å². The molecule has 4 rings (SSSR count). The third kappa shape index (κ3) is 5.25. The van der Waals surface area contributed by atoms with Gasteiger partial charge >= 0.3 is 0 Å². The second-order valence-electron chi connectivity index (χ2n) is 8.11. The zero-order valence-electron chi connectivity index (χ0n) is 18.4. The minimum absolute atomic E-state index is 0.0319. The van der Waals surface area contributed by atoms with E-state index in [1.54, 1.807) is 0 Å². The molecule has 0 atom stereocenters. The standard InChI is InChI=1S/C24H24N2O2S4/c1-13(2)15-7-5-9-17-21(15)25-23(29-17)31-19(27)11-12-20(28)32-24-26-22-16(14(3)4)8-6-10-18(22)30-24/h5-10,13-14H,11-12H2,1-4H3. The van der Waals surface area contributed by atoms with Gasteiger partial charge in [-0.05, 0) is 58.6 Å². The van der Waals surface area contributed by atoms with Crippen LogP contribution in [0.5, 0.6) is 0 Å². The lowest BCUT2D eigenvalue weighted by atomic mass is 10.0. The molecule has 0 saturated carbocycles. The maximum absolute atomic E-state index is 12.5. The Hall–Kier alpha value is -1.74. The molecule has 0 radical (unpaired) electrons. The molecule has 0 spiro atoms. The van der Waals surface area contributed by atoms with Gasteiger partial charge in [-0.1, -0.05) is 52.0 Å². The number of rotatable bonds is 7. The summed E-state index contributed by atoms with van der Waals surface area (Å²) in [6.45, 7) is 8.57. The van der Waals surface area contributed by atoms with Crippen LogP contribution >= 0.6 is 46.2 Å². The Balaban J connectivity index is 1.36. The van der Waals surface area contributed by atoms with E-state index in [0.717, 1.165) is 52.6 Å². The van der Waals surface area contributed by atoms with E-state index in [1.807, 2.05) is 24.3 Å². The molecule has 32 heavy (non-hydrogen) atoms. The van der Waals surface area contributed by atoms with Crippen molar-refractivity contribution in [2.45, 2.75) is 61.1 Å². The van der Waals surface area contributed by atoms with Crippen LogP contribution in [0.15, 0.2) is 45.1 Å². The fourth-order valence-electron chi connectivity index (χ4n) is 3.42. The Labute approximate surface area is 204 Å². The van der Waals surface area contributed by atoms with E-state index in [2.05, 4.69) is 49.8 Å². The van der Waals surface area contributed by atoms with Crippen molar-refractivity contribution in [2.24, 2.45) is 0 Å². The van der Waals surface area contributed by atoms with Gasteiger partial charge in [0, 0.05) is 12.8 Å². The van der Waals surface area contributed by atoms with Gasteiger partial charge < -0.3 is 0 Å². The van der Waals surface area contributed by atoms with E-state index in [-0.39, 0.29) is 23.1 Å². The summed E-state index contributed by atoms with van der Waals surface area (Å²) in [6.07, 6.45) is 0.400.